The molecule has 0 aliphatic rings. The van der Waals surface area contributed by atoms with Gasteiger partial charge in [0.2, 0.25) is 29.3 Å². The highest BCUT2D eigenvalue weighted by molar-refractivity contribution is 6.39. The van der Waals surface area contributed by atoms with Gasteiger partial charge in [0.1, 0.15) is 40.8 Å². The van der Waals surface area contributed by atoms with Gasteiger partial charge in [-0.1, -0.05) is 71.9 Å². The summed E-state index contributed by atoms with van der Waals surface area (Å²) in [5.74, 6) is -3.83. The summed E-state index contributed by atoms with van der Waals surface area (Å²) < 4.78 is 41.4. The van der Waals surface area contributed by atoms with Crippen molar-refractivity contribution in [3.63, 3.8) is 0 Å². The summed E-state index contributed by atoms with van der Waals surface area (Å²) in [4.78, 5) is 86.1. The smallest absolute Gasteiger partial charge is 0.408 e. The van der Waals surface area contributed by atoms with Crippen LogP contribution in [-0.2, 0) is 52.9 Å². The number of hydrogen-bond donors (Lipinski definition) is 7. The van der Waals surface area contributed by atoms with Crippen molar-refractivity contribution in [1.29, 1.82) is 0 Å². The summed E-state index contributed by atoms with van der Waals surface area (Å²) >= 11 is 0. The lowest BCUT2D eigenvalue weighted by Gasteiger charge is -2.26. The molecule has 0 saturated carbocycles. The first-order valence-electron chi connectivity index (χ1n) is 24.0. The minimum atomic E-state index is -1.71. The van der Waals surface area contributed by atoms with Crippen molar-refractivity contribution in [1.82, 2.24) is 21.3 Å². The van der Waals surface area contributed by atoms with Gasteiger partial charge in [-0.05, 0) is 112 Å². The van der Waals surface area contributed by atoms with Crippen LogP contribution >= 0.6 is 0 Å². The summed E-state index contributed by atoms with van der Waals surface area (Å²) in [5.41, 5.74) is 6.91. The summed E-state index contributed by atoms with van der Waals surface area (Å²) in [7, 11) is 2.91. The minimum absolute atomic E-state index is 0.111. The third-order valence-corrected chi connectivity index (χ3v) is 10.5. The molecule has 19 heteroatoms. The van der Waals surface area contributed by atoms with Gasteiger partial charge in [-0.15, -0.1) is 0 Å². The van der Waals surface area contributed by atoms with E-state index in [1.54, 1.807) is 46.8 Å². The Balaban J connectivity index is 0.000000628. The number of benzene rings is 3. The molecule has 0 spiro atoms. The Morgan fingerprint density at radius 1 is 0.653 bits per heavy atom. The van der Waals surface area contributed by atoms with E-state index in [-0.39, 0.29) is 55.7 Å². The SMILES string of the molecule is CCC(NC(=O)[C@H](CC(C)C)NC(=O)CCc1ccccc1)C(=O)C(=O)CCc1cc(F)cc(OC)c1.CCC(NC(=O)[C@H](CC(C)C)NC(=O)OC(C)(C)C)C(O)C(=O)O.COc1cc(F)cc(CN)c1. The van der Waals surface area contributed by atoms with Crippen molar-refractivity contribution in [2.45, 2.75) is 156 Å². The number of halogens is 2. The number of nitrogens with two attached hydrogens (primary N) is 1. The number of aliphatic carboxylic acids is 1. The lowest BCUT2D eigenvalue weighted by Crippen LogP contribution is -2.54. The fourth-order valence-corrected chi connectivity index (χ4v) is 6.82. The molecule has 3 aromatic carbocycles. The number of carboxylic acids is 1. The number of aliphatic hydroxyl groups excluding tert-OH is 1. The average molecular weight is 1010 g/mol. The molecule has 3 aromatic rings. The summed E-state index contributed by atoms with van der Waals surface area (Å²) in [6, 6.07) is 14.5. The molecule has 0 bridgehead atoms. The van der Waals surface area contributed by atoms with Crippen LogP contribution in [0, 0.1) is 23.5 Å². The lowest BCUT2D eigenvalue weighted by atomic mass is 9.98. The highest BCUT2D eigenvalue weighted by atomic mass is 19.1. The molecular formula is C53H77F2N5O12. The number of ether oxygens (including phenoxy) is 3. The van der Waals surface area contributed by atoms with Crippen LogP contribution in [0.4, 0.5) is 13.6 Å². The number of aliphatic hydroxyl groups is 1. The van der Waals surface area contributed by atoms with Crippen LogP contribution in [-0.4, -0.2) is 102 Å². The van der Waals surface area contributed by atoms with Crippen LogP contribution in [0.15, 0.2) is 66.7 Å². The molecule has 4 amide bonds. The number of amides is 4. The van der Waals surface area contributed by atoms with Gasteiger partial charge < -0.3 is 51.4 Å². The number of carboxylic acid groups (broad SMARTS) is 1. The van der Waals surface area contributed by atoms with E-state index in [2.05, 4.69) is 21.3 Å². The quantitative estimate of drug-likeness (QED) is 0.0447. The van der Waals surface area contributed by atoms with Crippen LogP contribution < -0.4 is 36.5 Å². The molecule has 8 N–H and O–H groups in total. The molecule has 17 nitrogen and oxygen atoms in total. The molecule has 0 aromatic heterocycles. The highest BCUT2D eigenvalue weighted by Crippen LogP contribution is 2.19. The van der Waals surface area contributed by atoms with Crippen LogP contribution in [0.25, 0.3) is 0 Å². The molecule has 72 heavy (non-hydrogen) atoms. The second kappa shape index (κ2) is 32.5. The topological polar surface area (TPSA) is 262 Å². The highest BCUT2D eigenvalue weighted by Gasteiger charge is 2.32. The third-order valence-electron chi connectivity index (χ3n) is 10.5. The summed E-state index contributed by atoms with van der Waals surface area (Å²) in [6.45, 7) is 16.4. The molecule has 3 rings (SSSR count). The summed E-state index contributed by atoms with van der Waals surface area (Å²) in [6.07, 6.45) is -0.417. The van der Waals surface area contributed by atoms with E-state index in [1.165, 1.54) is 38.5 Å². The maximum Gasteiger partial charge on any atom is 0.408 e. The Labute approximate surface area is 422 Å². The Morgan fingerprint density at radius 3 is 1.62 bits per heavy atom. The number of carbonyl (C=O) groups excluding carboxylic acids is 6. The Bertz CT molecular complexity index is 2180. The zero-order chi connectivity index (χ0) is 54.7. The zero-order valence-electron chi connectivity index (χ0n) is 43.6. The van der Waals surface area contributed by atoms with Crippen molar-refractivity contribution in [2.24, 2.45) is 17.6 Å². The number of methoxy groups -OCH3 is 2. The van der Waals surface area contributed by atoms with Crippen molar-refractivity contribution in [3.05, 3.63) is 95.1 Å². The van der Waals surface area contributed by atoms with Gasteiger partial charge in [-0.2, -0.15) is 0 Å². The van der Waals surface area contributed by atoms with Gasteiger partial charge in [-0.3, -0.25) is 24.0 Å². The van der Waals surface area contributed by atoms with E-state index in [0.29, 0.717) is 42.9 Å². The van der Waals surface area contributed by atoms with Crippen LogP contribution in [0.3, 0.4) is 0 Å². The van der Waals surface area contributed by atoms with Crippen molar-refractivity contribution in [3.8, 4) is 11.5 Å². The van der Waals surface area contributed by atoms with E-state index in [4.69, 9.17) is 25.1 Å². The van der Waals surface area contributed by atoms with Crippen LogP contribution in [0.2, 0.25) is 0 Å². The monoisotopic (exact) mass is 1010 g/mol. The number of alkyl carbamates (subject to hydrolysis) is 1. The average Bonchev–Trinajstić information content (AvgIpc) is 3.31. The predicted molar refractivity (Wildman–Crippen MR) is 269 cm³/mol. The fourth-order valence-electron chi connectivity index (χ4n) is 6.82. The predicted octanol–water partition coefficient (Wildman–Crippen LogP) is 6.52. The third kappa shape index (κ3) is 25.6. The van der Waals surface area contributed by atoms with Crippen molar-refractivity contribution in [2.75, 3.05) is 14.2 Å². The molecular weight excluding hydrogens is 937 g/mol. The number of ketones is 2. The van der Waals surface area contributed by atoms with Gasteiger partial charge in [0.25, 0.3) is 0 Å². The number of aryl methyl sites for hydroxylation is 2. The molecule has 0 fully saturated rings. The molecule has 0 saturated heterocycles. The number of nitrogens with one attached hydrogen (secondary N) is 4. The van der Waals surface area contributed by atoms with Crippen molar-refractivity contribution < 1.29 is 66.8 Å². The van der Waals surface area contributed by atoms with Crippen LogP contribution in [0.1, 0.15) is 118 Å². The maximum atomic E-state index is 13.7. The fraction of sp³-hybridized carbons (Fsp3) is 0.528. The molecule has 400 valence electrons. The first-order chi connectivity index (χ1) is 33.7. The minimum Gasteiger partial charge on any atom is -0.497 e. The molecule has 0 aliphatic carbocycles. The Hall–Kier alpha value is -6.47. The molecule has 0 heterocycles. The van der Waals surface area contributed by atoms with E-state index >= 15 is 0 Å². The first-order valence-corrected chi connectivity index (χ1v) is 24.0. The van der Waals surface area contributed by atoms with Gasteiger partial charge >= 0.3 is 12.1 Å². The normalized spacial score (nSPS) is 13.0. The summed E-state index contributed by atoms with van der Waals surface area (Å²) in [5, 5.41) is 28.9. The van der Waals surface area contributed by atoms with E-state index in [1.807, 2.05) is 58.0 Å². The number of carbonyl (C=O) groups is 7. The zero-order valence-corrected chi connectivity index (χ0v) is 43.6. The van der Waals surface area contributed by atoms with Crippen molar-refractivity contribution >= 4 is 41.4 Å². The first kappa shape index (κ1) is 63.5. The molecule has 0 radical (unpaired) electrons. The Morgan fingerprint density at radius 2 is 1.15 bits per heavy atom. The maximum absolute atomic E-state index is 13.7. The van der Waals surface area contributed by atoms with Gasteiger partial charge in [0.05, 0.1) is 26.3 Å². The van der Waals surface area contributed by atoms with Gasteiger partial charge in [0, 0.05) is 31.5 Å². The standard InChI is InChI=1S/C29H37FN2O5.C16H30N2O6.C8H10FNO/c1-5-24(28(35)26(33)13-11-21-16-22(30)18-23(17-21)37-4)32-29(36)25(15-19(2)3)31-27(34)14-12-20-9-7-6-8-10-20;1-7-10(12(19)14(21)22)17-13(20)11(8-9(2)3)18-15(23)24-16(4,5)6;1-11-8-3-6(5-10)2-7(9)4-8/h6-10,16-19,24-25H,5,11-15H2,1-4H3,(H,31,34)(H,32,36);9-12,19H,7-8H2,1-6H3,(H,17,20)(H,18,23)(H,21,22);2-4H,5,10H2,1H3/t24?,25-;10?,11-,12?;/m00./s1. The van der Waals surface area contributed by atoms with E-state index < -0.39 is 77.1 Å². The lowest BCUT2D eigenvalue weighted by molar-refractivity contribution is -0.148. The number of Topliss-reactive ketones (excluding diaryl/α,β-unsaturated/α-hetero) is 2. The number of hydrogen-bond acceptors (Lipinski definition) is 12. The van der Waals surface area contributed by atoms with Gasteiger partial charge in [0.15, 0.2) is 6.10 Å². The van der Waals surface area contributed by atoms with Gasteiger partial charge in [-0.25, -0.2) is 18.4 Å². The second-order valence-electron chi connectivity index (χ2n) is 18.8. The Kier molecular flexibility index (Phi) is 28.7. The molecule has 0 aliphatic heterocycles. The van der Waals surface area contributed by atoms with E-state index in [9.17, 15) is 47.4 Å². The number of rotatable bonds is 25. The molecule has 5 atom stereocenters. The largest absolute Gasteiger partial charge is 0.497 e. The molecule has 3 unspecified atom stereocenters. The van der Waals surface area contributed by atoms with E-state index in [0.717, 1.165) is 11.1 Å². The second-order valence-corrected chi connectivity index (χ2v) is 18.8. The van der Waals surface area contributed by atoms with Crippen LogP contribution in [0.5, 0.6) is 11.5 Å².